The quantitative estimate of drug-likeness (QED) is 0.528. The van der Waals surface area contributed by atoms with Crippen molar-refractivity contribution in [3.8, 4) is 0 Å². The van der Waals surface area contributed by atoms with Gasteiger partial charge in [0.2, 0.25) is 9.84 Å². The Bertz CT molecular complexity index is 1110. The van der Waals surface area contributed by atoms with Gasteiger partial charge in [-0.25, -0.2) is 13.4 Å². The Balaban J connectivity index is 0.000000806. The van der Waals surface area contributed by atoms with Gasteiger partial charge in [0.25, 0.3) is 0 Å². The number of nitrogens with zero attached hydrogens (tertiary/aromatic N) is 1. The van der Waals surface area contributed by atoms with Crippen molar-refractivity contribution < 1.29 is 13.5 Å². The molecule has 0 fully saturated rings. The number of fused-ring (bicyclic) bond motifs is 1. The molecule has 1 heterocycles. The van der Waals surface area contributed by atoms with Crippen molar-refractivity contribution in [2.24, 2.45) is 0 Å². The number of halogens is 1. The minimum atomic E-state index is -3.75. The van der Waals surface area contributed by atoms with E-state index in [2.05, 4.69) is 16.4 Å². The third-order valence-corrected chi connectivity index (χ3v) is 7.89. The first-order chi connectivity index (χ1) is 14.4. The third-order valence-electron chi connectivity index (χ3n) is 4.78. The van der Waals surface area contributed by atoms with Gasteiger partial charge < -0.3 is 10.4 Å². The molecule has 160 valence electrons. The largest absolute Gasteiger partial charge is 0.397 e. The maximum absolute atomic E-state index is 12.9. The molecule has 0 bridgehead atoms. The van der Waals surface area contributed by atoms with E-state index in [0.29, 0.717) is 5.13 Å². The molecule has 2 aromatic carbocycles. The number of sulfone groups is 1. The van der Waals surface area contributed by atoms with Gasteiger partial charge >= 0.3 is 0 Å². The van der Waals surface area contributed by atoms with Gasteiger partial charge in [-0.2, -0.15) is 0 Å². The number of hydrogen-bond donors (Lipinski definition) is 2. The zero-order chi connectivity index (χ0) is 21.7. The molecular weight excluding hydrogens is 440 g/mol. The number of aryl methyl sites for hydroxylation is 2. The summed E-state index contributed by atoms with van der Waals surface area (Å²) in [6.07, 6.45) is 4.47. The normalized spacial score (nSPS) is 13.2. The molecule has 0 saturated heterocycles. The summed E-state index contributed by atoms with van der Waals surface area (Å²) >= 11 is 7.41. The van der Waals surface area contributed by atoms with Crippen molar-refractivity contribution in [3.63, 3.8) is 0 Å². The Labute approximate surface area is 186 Å². The highest BCUT2D eigenvalue weighted by molar-refractivity contribution is 7.91. The van der Waals surface area contributed by atoms with Crippen LogP contribution in [0.15, 0.2) is 52.4 Å². The molecular formula is C22H25ClN2O3S2. The summed E-state index contributed by atoms with van der Waals surface area (Å²) < 4.78 is 26.0. The summed E-state index contributed by atoms with van der Waals surface area (Å²) in [5.41, 5.74) is 4.62. The summed E-state index contributed by atoms with van der Waals surface area (Å²) in [4.78, 5) is 4.51. The molecule has 1 aliphatic carbocycles. The molecule has 5 nitrogen and oxygen atoms in total. The fourth-order valence-electron chi connectivity index (χ4n) is 3.35. The Morgan fingerprint density at radius 1 is 1.13 bits per heavy atom. The van der Waals surface area contributed by atoms with Crippen molar-refractivity contribution in [2.45, 2.75) is 49.5 Å². The Kier molecular flexibility index (Phi) is 7.52. The summed E-state index contributed by atoms with van der Waals surface area (Å²) in [5, 5.41) is 11.3. The number of thiazole rings is 1. The maximum Gasteiger partial charge on any atom is 0.226 e. The molecule has 2 N–H and O–H groups in total. The monoisotopic (exact) mass is 464 g/mol. The highest BCUT2D eigenvalue weighted by Crippen LogP contribution is 2.37. The first kappa shape index (κ1) is 22.7. The molecule has 0 atom stereocenters. The van der Waals surface area contributed by atoms with Crippen LogP contribution in [0, 0.1) is 6.92 Å². The molecule has 0 spiro atoms. The predicted molar refractivity (Wildman–Crippen MR) is 123 cm³/mol. The van der Waals surface area contributed by atoms with Gasteiger partial charge in [-0.1, -0.05) is 52.8 Å². The van der Waals surface area contributed by atoms with Gasteiger partial charge in [0.05, 0.1) is 4.90 Å². The molecule has 4 rings (SSSR count). The second kappa shape index (κ2) is 9.92. The Morgan fingerprint density at radius 3 is 2.50 bits per heavy atom. The summed E-state index contributed by atoms with van der Waals surface area (Å²) in [6, 6.07) is 12.9. The second-order valence-corrected chi connectivity index (χ2v) is 10.5. The van der Waals surface area contributed by atoms with Crippen LogP contribution in [0.1, 0.15) is 36.5 Å². The van der Waals surface area contributed by atoms with E-state index in [0.717, 1.165) is 41.9 Å². The van der Waals surface area contributed by atoms with Crippen LogP contribution < -0.4 is 5.32 Å². The van der Waals surface area contributed by atoms with Crippen molar-refractivity contribution >= 4 is 43.6 Å². The molecule has 0 aliphatic heterocycles. The minimum absolute atomic E-state index is 0.0923. The van der Waals surface area contributed by atoms with E-state index in [9.17, 15) is 8.42 Å². The number of rotatable bonds is 4. The van der Waals surface area contributed by atoms with Crippen LogP contribution in [-0.2, 0) is 22.7 Å². The average Bonchev–Trinajstić information content (AvgIpc) is 3.10. The van der Waals surface area contributed by atoms with Crippen LogP contribution in [0.4, 0.5) is 10.8 Å². The third kappa shape index (κ3) is 5.03. The topological polar surface area (TPSA) is 79.3 Å². The van der Waals surface area contributed by atoms with Crippen LogP contribution in [-0.4, -0.2) is 25.1 Å². The van der Waals surface area contributed by atoms with E-state index < -0.39 is 9.84 Å². The lowest BCUT2D eigenvalue weighted by molar-refractivity contribution is 0.318. The number of aromatic nitrogens is 1. The first-order valence-electron chi connectivity index (χ1n) is 9.83. The van der Waals surface area contributed by atoms with Crippen molar-refractivity contribution in [3.05, 3.63) is 63.5 Å². The average molecular weight is 465 g/mol. The van der Waals surface area contributed by atoms with Crippen LogP contribution in [0.3, 0.4) is 0 Å². The predicted octanol–water partition coefficient (Wildman–Crippen LogP) is 5.56. The van der Waals surface area contributed by atoms with Crippen LogP contribution >= 0.6 is 22.9 Å². The van der Waals surface area contributed by atoms with Gasteiger partial charge in [-0.05, 0) is 68.9 Å². The highest BCUT2D eigenvalue weighted by atomic mass is 35.5. The zero-order valence-corrected chi connectivity index (χ0v) is 19.4. The van der Waals surface area contributed by atoms with Crippen molar-refractivity contribution in [2.75, 3.05) is 11.9 Å². The number of anilines is 2. The SMILES string of the molecule is CCO.Cc1ccc(S(=O)(=O)c2nc(Nc3cccc4c3CCCC4)sc2Cl)cc1. The fourth-order valence-corrected chi connectivity index (χ4v) is 6.17. The Hall–Kier alpha value is -1.93. The van der Waals surface area contributed by atoms with Gasteiger partial charge in [-0.15, -0.1) is 0 Å². The molecule has 0 radical (unpaired) electrons. The van der Waals surface area contributed by atoms with E-state index in [1.54, 1.807) is 31.2 Å². The zero-order valence-electron chi connectivity index (χ0n) is 17.0. The molecule has 30 heavy (non-hydrogen) atoms. The van der Waals surface area contributed by atoms with Crippen LogP contribution in [0.5, 0.6) is 0 Å². The van der Waals surface area contributed by atoms with Crippen LogP contribution in [0.25, 0.3) is 0 Å². The maximum atomic E-state index is 12.9. The summed E-state index contributed by atoms with van der Waals surface area (Å²) in [6.45, 7) is 3.84. The van der Waals surface area contributed by atoms with E-state index in [1.165, 1.54) is 17.5 Å². The number of benzene rings is 2. The molecule has 0 amide bonds. The first-order valence-corrected chi connectivity index (χ1v) is 12.5. The molecule has 8 heteroatoms. The standard InChI is InChI=1S/C20H19ClN2O2S2.C2H6O/c1-13-9-11-15(12-10-13)27(24,25)19-18(21)26-20(23-19)22-17-8-4-6-14-5-2-3-7-16(14)17;1-2-3/h4,6,8-12H,2-3,5,7H2,1H3,(H,22,23);3H,2H2,1H3. The molecule has 1 aromatic heterocycles. The van der Waals surface area contributed by atoms with Crippen molar-refractivity contribution in [1.29, 1.82) is 0 Å². The lowest BCUT2D eigenvalue weighted by Crippen LogP contribution is -2.06. The van der Waals surface area contributed by atoms with E-state index in [-0.39, 0.29) is 20.9 Å². The second-order valence-electron chi connectivity index (χ2n) is 7.01. The minimum Gasteiger partial charge on any atom is -0.397 e. The lowest BCUT2D eigenvalue weighted by Gasteiger charge is -2.19. The van der Waals surface area contributed by atoms with E-state index >= 15 is 0 Å². The highest BCUT2D eigenvalue weighted by Gasteiger charge is 2.26. The molecule has 0 unspecified atom stereocenters. The Morgan fingerprint density at radius 2 is 1.80 bits per heavy atom. The molecule has 1 aliphatic rings. The number of aliphatic hydroxyl groups excluding tert-OH is 1. The molecule has 3 aromatic rings. The van der Waals surface area contributed by atoms with Gasteiger partial charge in [0.15, 0.2) is 10.2 Å². The van der Waals surface area contributed by atoms with Crippen LogP contribution in [0.2, 0.25) is 4.34 Å². The van der Waals surface area contributed by atoms with Crippen molar-refractivity contribution in [1.82, 2.24) is 4.98 Å². The summed E-state index contributed by atoms with van der Waals surface area (Å²) in [5.74, 6) is 0. The van der Waals surface area contributed by atoms with Gasteiger partial charge in [0, 0.05) is 12.3 Å². The smallest absolute Gasteiger partial charge is 0.226 e. The lowest BCUT2D eigenvalue weighted by atomic mass is 9.90. The van der Waals surface area contributed by atoms with E-state index in [4.69, 9.17) is 16.7 Å². The number of nitrogens with one attached hydrogen (secondary N) is 1. The molecule has 0 saturated carbocycles. The number of aliphatic hydroxyl groups is 1. The fraction of sp³-hybridized carbons (Fsp3) is 0.318. The van der Waals surface area contributed by atoms with Gasteiger partial charge in [0.1, 0.15) is 4.34 Å². The number of hydrogen-bond acceptors (Lipinski definition) is 6. The summed E-state index contributed by atoms with van der Waals surface area (Å²) in [7, 11) is -3.75. The van der Waals surface area contributed by atoms with Gasteiger partial charge in [-0.3, -0.25) is 0 Å². The van der Waals surface area contributed by atoms with E-state index in [1.807, 2.05) is 19.1 Å².